The fourth-order valence-electron chi connectivity index (χ4n) is 1.53. The number of aryl methyl sites for hydroxylation is 1. The molecule has 0 unspecified atom stereocenters. The molecule has 0 radical (unpaired) electrons. The summed E-state index contributed by atoms with van der Waals surface area (Å²) in [4.78, 5) is 8.53. The van der Waals surface area contributed by atoms with Crippen molar-refractivity contribution in [1.82, 2.24) is 15.3 Å². The summed E-state index contributed by atoms with van der Waals surface area (Å²) in [5, 5.41) is 4.35. The molecule has 4 heteroatoms. The van der Waals surface area contributed by atoms with E-state index in [2.05, 4.69) is 15.3 Å². The lowest BCUT2D eigenvalue weighted by Crippen LogP contribution is -2.23. The zero-order chi connectivity index (χ0) is 9.80. The minimum absolute atomic E-state index is 0.657. The summed E-state index contributed by atoms with van der Waals surface area (Å²) in [6, 6.07) is 0.657. The molecule has 0 amide bonds. The normalized spacial score (nSPS) is 21.4. The van der Waals surface area contributed by atoms with E-state index in [1.807, 2.05) is 19.3 Å². The second-order valence-electron chi connectivity index (χ2n) is 3.65. The van der Waals surface area contributed by atoms with Crippen molar-refractivity contribution >= 4 is 11.8 Å². The van der Waals surface area contributed by atoms with Gasteiger partial charge in [0.05, 0.1) is 0 Å². The van der Waals surface area contributed by atoms with E-state index in [-0.39, 0.29) is 0 Å². The lowest BCUT2D eigenvalue weighted by atomic mass is 10.3. The fraction of sp³-hybridized carbons (Fsp3) is 0.600. The maximum absolute atomic E-state index is 4.26. The molecule has 1 saturated heterocycles. The van der Waals surface area contributed by atoms with Crippen molar-refractivity contribution in [2.24, 2.45) is 0 Å². The summed E-state index contributed by atoms with van der Waals surface area (Å²) in [7, 11) is 0. The van der Waals surface area contributed by atoms with Crippen molar-refractivity contribution in [3.8, 4) is 0 Å². The van der Waals surface area contributed by atoms with Crippen molar-refractivity contribution in [2.45, 2.75) is 31.0 Å². The van der Waals surface area contributed by atoms with E-state index in [9.17, 15) is 0 Å². The largest absolute Gasteiger partial charge is 0.313 e. The molecular weight excluding hydrogens is 194 g/mol. The van der Waals surface area contributed by atoms with Crippen molar-refractivity contribution in [2.75, 3.05) is 12.3 Å². The summed E-state index contributed by atoms with van der Waals surface area (Å²) >= 11 is 1.74. The highest BCUT2D eigenvalue weighted by Gasteiger charge is 2.14. The van der Waals surface area contributed by atoms with Gasteiger partial charge >= 0.3 is 0 Å². The van der Waals surface area contributed by atoms with Crippen LogP contribution < -0.4 is 5.32 Å². The molecule has 2 heterocycles. The number of rotatable bonds is 3. The van der Waals surface area contributed by atoms with Gasteiger partial charge in [0, 0.05) is 24.2 Å². The summed E-state index contributed by atoms with van der Waals surface area (Å²) in [5.74, 6) is 1.09. The van der Waals surface area contributed by atoms with Crippen LogP contribution in [-0.4, -0.2) is 28.3 Å². The van der Waals surface area contributed by atoms with Gasteiger partial charge in [0.15, 0.2) is 5.16 Å². The van der Waals surface area contributed by atoms with E-state index in [1.165, 1.54) is 19.4 Å². The van der Waals surface area contributed by atoms with Gasteiger partial charge in [0.25, 0.3) is 0 Å². The smallest absolute Gasteiger partial charge is 0.187 e. The van der Waals surface area contributed by atoms with Crippen molar-refractivity contribution in [3.63, 3.8) is 0 Å². The summed E-state index contributed by atoms with van der Waals surface area (Å²) in [6.07, 6.45) is 6.34. The topological polar surface area (TPSA) is 37.8 Å². The number of thioether (sulfide) groups is 1. The van der Waals surface area contributed by atoms with Gasteiger partial charge in [-0.3, -0.25) is 0 Å². The molecule has 0 bridgehead atoms. The first-order valence-electron chi connectivity index (χ1n) is 4.99. The molecule has 0 spiro atoms. The third kappa shape index (κ3) is 2.69. The molecule has 1 aliphatic rings. The van der Waals surface area contributed by atoms with Gasteiger partial charge < -0.3 is 5.32 Å². The van der Waals surface area contributed by atoms with E-state index < -0.39 is 0 Å². The molecule has 76 valence electrons. The van der Waals surface area contributed by atoms with Crippen LogP contribution in [0, 0.1) is 6.92 Å². The second kappa shape index (κ2) is 4.75. The Hall–Kier alpha value is -0.610. The highest BCUT2D eigenvalue weighted by Crippen LogP contribution is 2.17. The van der Waals surface area contributed by atoms with Crippen LogP contribution in [0.3, 0.4) is 0 Å². The van der Waals surface area contributed by atoms with E-state index in [0.29, 0.717) is 6.04 Å². The Balaban J connectivity index is 1.82. The second-order valence-corrected chi connectivity index (χ2v) is 4.63. The van der Waals surface area contributed by atoms with Gasteiger partial charge in [-0.05, 0) is 31.9 Å². The molecule has 0 aromatic carbocycles. The van der Waals surface area contributed by atoms with E-state index in [4.69, 9.17) is 0 Å². The quantitative estimate of drug-likeness (QED) is 0.606. The number of nitrogens with zero attached hydrogens (tertiary/aromatic N) is 2. The molecular formula is C10H15N3S. The predicted octanol–water partition coefficient (Wildman–Crippen LogP) is 1.63. The molecule has 1 aliphatic heterocycles. The highest BCUT2D eigenvalue weighted by atomic mass is 32.2. The fourth-order valence-corrected chi connectivity index (χ4v) is 2.42. The van der Waals surface area contributed by atoms with Crippen LogP contribution >= 0.6 is 11.8 Å². The minimum Gasteiger partial charge on any atom is -0.313 e. The Bertz CT molecular complexity index is 280. The first kappa shape index (κ1) is 9.93. The van der Waals surface area contributed by atoms with E-state index in [1.54, 1.807) is 11.8 Å². The molecule has 14 heavy (non-hydrogen) atoms. The third-order valence-corrected chi connectivity index (χ3v) is 3.37. The summed E-state index contributed by atoms with van der Waals surface area (Å²) in [6.45, 7) is 3.17. The van der Waals surface area contributed by atoms with Gasteiger partial charge in [-0.15, -0.1) is 0 Å². The van der Waals surface area contributed by atoms with Crippen LogP contribution in [0.1, 0.15) is 18.4 Å². The minimum atomic E-state index is 0.657. The zero-order valence-electron chi connectivity index (χ0n) is 8.36. The van der Waals surface area contributed by atoms with Crippen LogP contribution in [0.25, 0.3) is 0 Å². The van der Waals surface area contributed by atoms with E-state index in [0.717, 1.165) is 16.5 Å². The molecule has 0 saturated carbocycles. The van der Waals surface area contributed by atoms with Crippen molar-refractivity contribution < 1.29 is 0 Å². The maximum Gasteiger partial charge on any atom is 0.187 e. The average molecular weight is 209 g/mol. The van der Waals surface area contributed by atoms with Crippen LogP contribution in [0.15, 0.2) is 17.6 Å². The Labute approximate surface area is 88.7 Å². The molecule has 1 N–H and O–H groups in total. The van der Waals surface area contributed by atoms with Gasteiger partial charge in [0.2, 0.25) is 0 Å². The summed E-state index contributed by atoms with van der Waals surface area (Å²) < 4.78 is 0. The molecule has 0 aliphatic carbocycles. The molecule has 1 aromatic heterocycles. The molecule has 1 fully saturated rings. The van der Waals surface area contributed by atoms with Crippen LogP contribution in [-0.2, 0) is 0 Å². The zero-order valence-corrected chi connectivity index (χ0v) is 9.18. The Morgan fingerprint density at radius 2 is 2.29 bits per heavy atom. The average Bonchev–Trinajstić information content (AvgIpc) is 2.70. The van der Waals surface area contributed by atoms with Crippen LogP contribution in [0.4, 0.5) is 0 Å². The third-order valence-electron chi connectivity index (χ3n) is 2.33. The van der Waals surface area contributed by atoms with Gasteiger partial charge in [-0.1, -0.05) is 11.8 Å². The Morgan fingerprint density at radius 3 is 2.93 bits per heavy atom. The maximum atomic E-state index is 4.26. The van der Waals surface area contributed by atoms with Crippen LogP contribution in [0.5, 0.6) is 0 Å². The standard InChI is InChI=1S/C10H15N3S/c1-8-5-12-10(13-6-8)14-7-9-3-2-4-11-9/h5-6,9,11H,2-4,7H2,1H3/t9-/m1/s1. The SMILES string of the molecule is Cc1cnc(SC[C@H]2CCCN2)nc1. The van der Waals surface area contributed by atoms with Gasteiger partial charge in [-0.25, -0.2) is 9.97 Å². The van der Waals surface area contributed by atoms with Crippen LogP contribution in [0.2, 0.25) is 0 Å². The molecule has 1 aromatic rings. The lowest BCUT2D eigenvalue weighted by Gasteiger charge is -2.07. The first-order valence-corrected chi connectivity index (χ1v) is 5.98. The monoisotopic (exact) mass is 209 g/mol. The van der Waals surface area contributed by atoms with Crippen molar-refractivity contribution in [3.05, 3.63) is 18.0 Å². The van der Waals surface area contributed by atoms with Gasteiger partial charge in [-0.2, -0.15) is 0 Å². The summed E-state index contributed by atoms with van der Waals surface area (Å²) in [5.41, 5.74) is 1.12. The van der Waals surface area contributed by atoms with Crippen molar-refractivity contribution in [1.29, 1.82) is 0 Å². The number of hydrogen-bond donors (Lipinski definition) is 1. The predicted molar refractivity (Wildman–Crippen MR) is 58.5 cm³/mol. The lowest BCUT2D eigenvalue weighted by molar-refractivity contribution is 0.673. The highest BCUT2D eigenvalue weighted by molar-refractivity contribution is 7.99. The van der Waals surface area contributed by atoms with Gasteiger partial charge in [0.1, 0.15) is 0 Å². The Kier molecular flexibility index (Phi) is 3.37. The molecule has 2 rings (SSSR count). The number of nitrogens with one attached hydrogen (secondary N) is 1. The number of hydrogen-bond acceptors (Lipinski definition) is 4. The molecule has 3 nitrogen and oxygen atoms in total. The molecule has 1 atom stereocenters. The first-order chi connectivity index (χ1) is 6.84. The Morgan fingerprint density at radius 1 is 1.50 bits per heavy atom. The van der Waals surface area contributed by atoms with E-state index >= 15 is 0 Å². The number of aromatic nitrogens is 2.